The third-order valence-electron chi connectivity index (χ3n) is 3.86. The second-order valence-electron chi connectivity index (χ2n) is 5.40. The van der Waals surface area contributed by atoms with Gasteiger partial charge in [0.2, 0.25) is 0 Å². The van der Waals surface area contributed by atoms with E-state index in [9.17, 15) is 30.0 Å². The van der Waals surface area contributed by atoms with Crippen LogP contribution in [0.15, 0.2) is 28.5 Å². The van der Waals surface area contributed by atoms with Crippen molar-refractivity contribution in [1.82, 2.24) is 10.2 Å². The molecule has 0 bridgehead atoms. The molecular formula is C14H16N2O8. The predicted octanol–water partition coefficient (Wildman–Crippen LogP) is -2.03. The molecule has 3 rings (SSSR count). The number of aliphatic hydroxyl groups excluding tert-OH is 4. The molecule has 0 aliphatic carbocycles. The number of aliphatic hydroxyl groups is 4. The van der Waals surface area contributed by atoms with Gasteiger partial charge in [0.15, 0.2) is 6.23 Å². The lowest BCUT2D eigenvalue weighted by Gasteiger charge is -2.42. The molecule has 0 aromatic carbocycles. The number of imide groups is 1. The van der Waals surface area contributed by atoms with Crippen LogP contribution in [0.2, 0.25) is 0 Å². The van der Waals surface area contributed by atoms with Gasteiger partial charge in [0, 0.05) is 6.08 Å². The zero-order chi connectivity index (χ0) is 17.4. The van der Waals surface area contributed by atoms with Gasteiger partial charge in [-0.05, 0) is 12.1 Å². The minimum atomic E-state index is -1.74. The Kier molecular flexibility index (Phi) is 4.39. The van der Waals surface area contributed by atoms with Crippen molar-refractivity contribution >= 4 is 18.0 Å². The van der Waals surface area contributed by atoms with E-state index < -0.39 is 49.2 Å². The van der Waals surface area contributed by atoms with Gasteiger partial charge < -0.3 is 34.9 Å². The molecule has 24 heavy (non-hydrogen) atoms. The Labute approximate surface area is 135 Å². The lowest BCUT2D eigenvalue weighted by Crippen LogP contribution is -2.64. The van der Waals surface area contributed by atoms with E-state index in [1.807, 2.05) is 0 Å². The summed E-state index contributed by atoms with van der Waals surface area (Å²) in [5.41, 5.74) is -0.105. The largest absolute Gasteiger partial charge is 0.465 e. The third kappa shape index (κ3) is 2.70. The number of hydrogen-bond donors (Lipinski definition) is 5. The van der Waals surface area contributed by atoms with Gasteiger partial charge in [0.25, 0.3) is 5.91 Å². The van der Waals surface area contributed by atoms with Gasteiger partial charge in [0.05, 0.1) is 12.9 Å². The van der Waals surface area contributed by atoms with Crippen molar-refractivity contribution in [2.24, 2.45) is 0 Å². The van der Waals surface area contributed by atoms with Gasteiger partial charge in [-0.2, -0.15) is 0 Å². The van der Waals surface area contributed by atoms with Crippen LogP contribution in [0, 0.1) is 0 Å². The summed E-state index contributed by atoms with van der Waals surface area (Å²) in [6, 6.07) is 2.30. The third-order valence-corrected chi connectivity index (χ3v) is 3.86. The highest BCUT2D eigenvalue weighted by molar-refractivity contribution is 6.14. The fourth-order valence-corrected chi connectivity index (χ4v) is 2.59. The zero-order valence-corrected chi connectivity index (χ0v) is 12.3. The first-order chi connectivity index (χ1) is 11.4. The predicted molar refractivity (Wildman–Crippen MR) is 75.8 cm³/mol. The molecule has 1 aromatic heterocycles. The molecule has 5 N–H and O–H groups in total. The van der Waals surface area contributed by atoms with Crippen LogP contribution in [-0.2, 0) is 9.53 Å². The van der Waals surface area contributed by atoms with Crippen LogP contribution in [0.3, 0.4) is 0 Å². The van der Waals surface area contributed by atoms with Crippen LogP contribution in [0.25, 0.3) is 6.08 Å². The van der Waals surface area contributed by atoms with Crippen LogP contribution >= 0.6 is 0 Å². The molecule has 0 radical (unpaired) electrons. The van der Waals surface area contributed by atoms with Gasteiger partial charge in [-0.25, -0.2) is 9.69 Å². The first-order valence-corrected chi connectivity index (χ1v) is 7.14. The second-order valence-corrected chi connectivity index (χ2v) is 5.40. The average Bonchev–Trinajstić information content (AvgIpc) is 3.16. The average molecular weight is 340 g/mol. The number of furan rings is 1. The summed E-state index contributed by atoms with van der Waals surface area (Å²) >= 11 is 0. The molecule has 0 saturated carbocycles. The van der Waals surface area contributed by atoms with Crippen molar-refractivity contribution < 1.29 is 39.2 Å². The Bertz CT molecular complexity index is 656. The molecule has 0 spiro atoms. The fourth-order valence-electron chi connectivity index (χ4n) is 2.59. The van der Waals surface area contributed by atoms with Gasteiger partial charge in [-0.1, -0.05) is 0 Å². The summed E-state index contributed by atoms with van der Waals surface area (Å²) in [5.74, 6) is -0.477. The number of rotatable bonds is 3. The van der Waals surface area contributed by atoms with E-state index in [2.05, 4.69) is 5.32 Å². The lowest BCUT2D eigenvalue weighted by atomic mass is 9.98. The first-order valence-electron chi connectivity index (χ1n) is 7.14. The first kappa shape index (κ1) is 16.6. The quantitative estimate of drug-likeness (QED) is 0.312. The van der Waals surface area contributed by atoms with Crippen molar-refractivity contribution in [1.29, 1.82) is 0 Å². The van der Waals surface area contributed by atoms with Gasteiger partial charge in [0.1, 0.15) is 35.9 Å². The Morgan fingerprint density at radius 1 is 1.21 bits per heavy atom. The minimum Gasteiger partial charge on any atom is -0.465 e. The summed E-state index contributed by atoms with van der Waals surface area (Å²) in [5, 5.41) is 41.1. The molecule has 10 heteroatoms. The van der Waals surface area contributed by atoms with Crippen molar-refractivity contribution in [2.45, 2.75) is 30.6 Å². The number of nitrogens with zero attached hydrogens (tertiary/aromatic N) is 1. The Morgan fingerprint density at radius 3 is 2.58 bits per heavy atom. The molecule has 130 valence electrons. The highest BCUT2D eigenvalue weighted by Gasteiger charge is 2.51. The molecule has 2 fully saturated rings. The Hall–Kier alpha value is -2.24. The smallest absolute Gasteiger partial charge is 0.331 e. The summed E-state index contributed by atoms with van der Waals surface area (Å²) in [7, 11) is 0. The van der Waals surface area contributed by atoms with Gasteiger partial charge in [-0.3, -0.25) is 4.79 Å². The van der Waals surface area contributed by atoms with Crippen LogP contribution < -0.4 is 5.32 Å². The van der Waals surface area contributed by atoms with Crippen LogP contribution in [0.1, 0.15) is 5.76 Å². The monoisotopic (exact) mass is 340 g/mol. The van der Waals surface area contributed by atoms with Crippen molar-refractivity contribution in [3.8, 4) is 0 Å². The Balaban J connectivity index is 1.86. The van der Waals surface area contributed by atoms with Crippen LogP contribution in [0.4, 0.5) is 4.79 Å². The van der Waals surface area contributed by atoms with Crippen molar-refractivity contribution in [2.75, 3.05) is 6.61 Å². The van der Waals surface area contributed by atoms with Gasteiger partial charge >= 0.3 is 6.03 Å². The van der Waals surface area contributed by atoms with Crippen LogP contribution in [0.5, 0.6) is 0 Å². The van der Waals surface area contributed by atoms with E-state index in [0.29, 0.717) is 10.7 Å². The molecule has 3 amide bonds. The van der Waals surface area contributed by atoms with Crippen molar-refractivity contribution in [3.05, 3.63) is 29.9 Å². The molecule has 1 aromatic rings. The number of ether oxygens (including phenoxy) is 1. The molecule has 5 atom stereocenters. The van der Waals surface area contributed by atoms with Crippen LogP contribution in [-0.4, -0.2) is 74.5 Å². The summed E-state index contributed by atoms with van der Waals surface area (Å²) in [6.45, 7) is -0.666. The molecule has 2 aliphatic heterocycles. The zero-order valence-electron chi connectivity index (χ0n) is 12.3. The van der Waals surface area contributed by atoms with E-state index in [4.69, 9.17) is 9.15 Å². The van der Waals surface area contributed by atoms with E-state index in [-0.39, 0.29) is 5.70 Å². The Morgan fingerprint density at radius 2 is 1.96 bits per heavy atom. The number of hydrogen-bond acceptors (Lipinski definition) is 8. The highest BCUT2D eigenvalue weighted by Crippen LogP contribution is 2.27. The topological polar surface area (TPSA) is 153 Å². The highest BCUT2D eigenvalue weighted by atomic mass is 16.6. The SMILES string of the molecule is O=C1N/C(=C\c2ccco2)C(=O)N1[C@@H]1O[C@H](CO)[C@@H](O)[C@H](O)[C@H]1O. The maximum absolute atomic E-state index is 12.4. The maximum atomic E-state index is 12.4. The van der Waals surface area contributed by atoms with E-state index >= 15 is 0 Å². The van der Waals surface area contributed by atoms with E-state index in [0.717, 1.165) is 0 Å². The summed E-state index contributed by atoms with van der Waals surface area (Å²) in [6.07, 6.45) is -5.12. The number of amides is 3. The number of nitrogens with one attached hydrogen (secondary N) is 1. The molecular weight excluding hydrogens is 324 g/mol. The summed E-state index contributed by atoms with van der Waals surface area (Å²) in [4.78, 5) is 25.1. The maximum Gasteiger partial charge on any atom is 0.331 e. The van der Waals surface area contributed by atoms with Crippen molar-refractivity contribution in [3.63, 3.8) is 0 Å². The molecule has 3 heterocycles. The molecule has 10 nitrogen and oxygen atoms in total. The summed E-state index contributed by atoms with van der Waals surface area (Å²) < 4.78 is 10.3. The number of carbonyl (C=O) groups is 2. The minimum absolute atomic E-state index is 0.105. The number of urea groups is 1. The molecule has 2 saturated heterocycles. The van der Waals surface area contributed by atoms with Gasteiger partial charge in [-0.15, -0.1) is 0 Å². The second kappa shape index (κ2) is 6.34. The molecule has 2 aliphatic rings. The van der Waals surface area contributed by atoms with E-state index in [1.54, 1.807) is 12.1 Å². The lowest BCUT2D eigenvalue weighted by molar-refractivity contribution is -0.253. The normalized spacial score (nSPS) is 35.6. The standard InChI is InChI=1S/C14H16N2O8/c17-5-8-9(18)10(19)11(20)13(24-8)16-12(21)7(15-14(16)22)4-6-2-1-3-23-6/h1-4,8-11,13,17-20H,5H2,(H,15,22)/b7-4-/t8-,9-,10+,11-,13-/m1/s1. The molecule has 0 unspecified atom stereocenters. The van der Waals surface area contributed by atoms with E-state index in [1.165, 1.54) is 12.3 Å². The fraction of sp³-hybridized carbons (Fsp3) is 0.429. The number of carbonyl (C=O) groups excluding carboxylic acids is 2.